The van der Waals surface area contributed by atoms with Crippen molar-refractivity contribution in [1.82, 2.24) is 4.90 Å². The van der Waals surface area contributed by atoms with Crippen molar-refractivity contribution in [2.45, 2.75) is 35.3 Å². The van der Waals surface area contributed by atoms with Crippen molar-refractivity contribution < 1.29 is 24.2 Å². The summed E-state index contributed by atoms with van der Waals surface area (Å²) in [5.41, 5.74) is 0.567. The van der Waals surface area contributed by atoms with E-state index < -0.39 is 28.6 Å². The van der Waals surface area contributed by atoms with Gasteiger partial charge in [0.1, 0.15) is 6.04 Å². The van der Waals surface area contributed by atoms with Gasteiger partial charge in [0.25, 0.3) is 5.91 Å². The van der Waals surface area contributed by atoms with E-state index in [9.17, 15) is 19.5 Å². The van der Waals surface area contributed by atoms with Crippen LogP contribution in [0.15, 0.2) is 48.6 Å². The van der Waals surface area contributed by atoms with E-state index in [0.29, 0.717) is 23.9 Å². The lowest BCUT2D eigenvalue weighted by Crippen LogP contribution is -2.53. The molecule has 4 heterocycles. The summed E-state index contributed by atoms with van der Waals surface area (Å²) in [4.78, 5) is 44.1. The maximum Gasteiger partial charge on any atom is 0.311 e. The van der Waals surface area contributed by atoms with Crippen LogP contribution >= 0.6 is 23.4 Å². The number of β-amino-alcohol motifs (C(OH)–C–C–N with tert-alkyl or cyclic N) is 1. The van der Waals surface area contributed by atoms with E-state index in [4.69, 9.17) is 16.3 Å². The van der Waals surface area contributed by atoms with Gasteiger partial charge in [-0.05, 0) is 31.4 Å². The van der Waals surface area contributed by atoms with Crippen molar-refractivity contribution >= 4 is 46.8 Å². The summed E-state index contributed by atoms with van der Waals surface area (Å²) in [5, 5.41) is 9.91. The fraction of sp³-hybridized carbons (Fsp3) is 0.480. The Hall–Kier alpha value is -2.29. The van der Waals surface area contributed by atoms with Crippen molar-refractivity contribution in [3.63, 3.8) is 0 Å². The molecular weight excluding hydrogens is 476 g/mol. The Morgan fingerprint density at radius 3 is 2.76 bits per heavy atom. The van der Waals surface area contributed by atoms with Crippen LogP contribution in [0.2, 0.25) is 5.02 Å². The van der Waals surface area contributed by atoms with Crippen molar-refractivity contribution in [3.05, 3.63) is 53.6 Å². The van der Waals surface area contributed by atoms with Gasteiger partial charge in [0.05, 0.1) is 40.5 Å². The average Bonchev–Trinajstić information content (AvgIpc) is 3.20. The molecule has 1 unspecified atom stereocenters. The van der Waals surface area contributed by atoms with E-state index in [0.717, 1.165) is 19.3 Å². The molecule has 7 nitrogen and oxygen atoms in total. The number of aliphatic hydroxyl groups is 1. The molecule has 4 aliphatic heterocycles. The number of fused-ring (bicyclic) bond motifs is 2. The zero-order chi connectivity index (χ0) is 23.9. The molecule has 0 bridgehead atoms. The van der Waals surface area contributed by atoms with Gasteiger partial charge in [-0.2, -0.15) is 0 Å². The minimum absolute atomic E-state index is 0.0144. The molecule has 4 aliphatic rings. The molecule has 0 saturated carbocycles. The van der Waals surface area contributed by atoms with Crippen LogP contribution in [0.5, 0.6) is 0 Å². The third kappa shape index (κ3) is 3.67. The summed E-state index contributed by atoms with van der Waals surface area (Å²) in [6, 6.07) is 6.24. The molecule has 9 heteroatoms. The predicted octanol–water partition coefficient (Wildman–Crippen LogP) is 2.82. The van der Waals surface area contributed by atoms with Gasteiger partial charge in [-0.3, -0.25) is 14.4 Å². The second-order valence-electron chi connectivity index (χ2n) is 8.99. The van der Waals surface area contributed by atoms with Crippen molar-refractivity contribution in [3.8, 4) is 0 Å². The van der Waals surface area contributed by atoms with Gasteiger partial charge in [-0.15, -0.1) is 11.8 Å². The molecule has 180 valence electrons. The summed E-state index contributed by atoms with van der Waals surface area (Å²) < 4.78 is 4.64. The molecule has 1 spiro atoms. The van der Waals surface area contributed by atoms with Crippen LogP contribution in [-0.4, -0.2) is 70.1 Å². The zero-order valence-corrected chi connectivity index (χ0v) is 20.2. The summed E-state index contributed by atoms with van der Waals surface area (Å²) in [7, 11) is 0. The lowest BCUT2D eigenvalue weighted by Gasteiger charge is -2.35. The number of amides is 2. The smallest absolute Gasteiger partial charge is 0.311 e. The summed E-state index contributed by atoms with van der Waals surface area (Å²) in [6.07, 6.45) is 10.5. The first-order valence-electron chi connectivity index (χ1n) is 11.7. The third-order valence-electron chi connectivity index (χ3n) is 7.09. The number of aliphatic hydroxyl groups excluding tert-OH is 1. The topological polar surface area (TPSA) is 87.2 Å². The van der Waals surface area contributed by atoms with E-state index >= 15 is 0 Å². The average molecular weight is 503 g/mol. The first-order chi connectivity index (χ1) is 16.5. The van der Waals surface area contributed by atoms with Crippen LogP contribution in [0.3, 0.4) is 0 Å². The van der Waals surface area contributed by atoms with Crippen LogP contribution in [0.4, 0.5) is 5.69 Å². The standard InChI is InChI=1S/C25H27ClN2O5S/c26-16-8-4-5-9-17(16)27-12-7-11-25-20(22(30)28(13-14-29)21(25)23(27)31)19-18(34-25)10-3-1-2-6-15-33-24(19)32/h3-5,7-11,18-21,29H,1-2,6,12-15H2/b10-3-/t18-,19+,20-,21?,25-/m0/s1. The summed E-state index contributed by atoms with van der Waals surface area (Å²) in [5.74, 6) is -2.39. The Morgan fingerprint density at radius 2 is 1.97 bits per heavy atom. The summed E-state index contributed by atoms with van der Waals surface area (Å²) >= 11 is 7.92. The molecule has 2 saturated heterocycles. The number of hydrogen-bond donors (Lipinski definition) is 1. The maximum atomic E-state index is 14.1. The number of hydrogen-bond acceptors (Lipinski definition) is 6. The van der Waals surface area contributed by atoms with Crippen LogP contribution in [0.1, 0.15) is 19.3 Å². The number of nitrogens with zero attached hydrogens (tertiary/aromatic N) is 2. The highest BCUT2D eigenvalue weighted by atomic mass is 35.5. The van der Waals surface area contributed by atoms with Gasteiger partial charge < -0.3 is 19.6 Å². The van der Waals surface area contributed by atoms with Gasteiger partial charge >= 0.3 is 5.97 Å². The molecule has 1 N–H and O–H groups in total. The third-order valence-corrected chi connectivity index (χ3v) is 9.15. The lowest BCUT2D eigenvalue weighted by atomic mass is 9.78. The molecule has 2 fully saturated rings. The minimum Gasteiger partial charge on any atom is -0.465 e. The number of anilines is 1. The van der Waals surface area contributed by atoms with Crippen molar-refractivity contribution in [2.24, 2.45) is 11.8 Å². The largest absolute Gasteiger partial charge is 0.465 e. The molecule has 0 radical (unpaired) electrons. The normalized spacial score (nSPS) is 34.2. The molecule has 0 aliphatic carbocycles. The van der Waals surface area contributed by atoms with Crippen LogP contribution in [0.25, 0.3) is 0 Å². The SMILES string of the molecule is O=C1OCCCC/C=C\[C@@H]2S[C@]34C=CCN(c5ccccc5Cl)C(=O)C3N(CCO)C(=O)[C@@H]4[C@H]12. The fourth-order valence-corrected chi connectivity index (χ4v) is 7.89. The van der Waals surface area contributed by atoms with E-state index in [1.54, 1.807) is 23.1 Å². The fourth-order valence-electron chi connectivity index (χ4n) is 5.65. The second kappa shape index (κ2) is 9.40. The van der Waals surface area contributed by atoms with E-state index in [-0.39, 0.29) is 30.2 Å². The number of rotatable bonds is 3. The zero-order valence-electron chi connectivity index (χ0n) is 18.6. The van der Waals surface area contributed by atoms with Gasteiger partial charge in [0.15, 0.2) is 0 Å². The number of allylic oxidation sites excluding steroid dienone is 1. The van der Waals surface area contributed by atoms with Gasteiger partial charge in [0, 0.05) is 18.3 Å². The Bertz CT molecular complexity index is 1060. The molecule has 1 aromatic carbocycles. The number of para-hydroxylation sites is 1. The highest BCUT2D eigenvalue weighted by Crippen LogP contribution is 2.60. The number of thioether (sulfide) groups is 1. The number of ether oxygens (including phenoxy) is 1. The monoisotopic (exact) mass is 502 g/mol. The second-order valence-corrected chi connectivity index (χ2v) is 10.9. The molecular formula is C25H27ClN2O5S. The molecule has 1 aromatic rings. The van der Waals surface area contributed by atoms with Crippen LogP contribution < -0.4 is 4.90 Å². The number of carbonyl (C=O) groups excluding carboxylic acids is 3. The Morgan fingerprint density at radius 1 is 1.15 bits per heavy atom. The first-order valence-corrected chi connectivity index (χ1v) is 12.9. The van der Waals surface area contributed by atoms with E-state index in [1.807, 2.05) is 24.3 Å². The van der Waals surface area contributed by atoms with Gasteiger partial charge in [-0.25, -0.2) is 0 Å². The molecule has 0 aromatic heterocycles. The van der Waals surface area contributed by atoms with Crippen molar-refractivity contribution in [2.75, 3.05) is 31.2 Å². The molecule has 5 rings (SSSR count). The highest BCUT2D eigenvalue weighted by Gasteiger charge is 2.70. The summed E-state index contributed by atoms with van der Waals surface area (Å²) in [6.45, 7) is 0.357. The highest BCUT2D eigenvalue weighted by molar-refractivity contribution is 8.02. The lowest BCUT2D eigenvalue weighted by molar-refractivity contribution is -0.153. The number of esters is 1. The molecule has 34 heavy (non-hydrogen) atoms. The number of likely N-dealkylation sites (tertiary alicyclic amines) is 1. The molecule has 2 amide bonds. The molecule has 5 atom stereocenters. The van der Waals surface area contributed by atoms with E-state index in [2.05, 4.69) is 6.08 Å². The number of cyclic esters (lactones) is 1. The first kappa shape index (κ1) is 23.5. The van der Waals surface area contributed by atoms with Crippen LogP contribution in [-0.2, 0) is 19.1 Å². The quantitative estimate of drug-likeness (QED) is 0.505. The number of carbonyl (C=O) groups is 3. The Balaban J connectivity index is 1.61. The van der Waals surface area contributed by atoms with E-state index in [1.165, 1.54) is 16.7 Å². The Labute approximate surface area is 207 Å². The van der Waals surface area contributed by atoms with Gasteiger partial charge in [0.2, 0.25) is 5.91 Å². The minimum atomic E-state index is -0.938. The van der Waals surface area contributed by atoms with Crippen molar-refractivity contribution in [1.29, 1.82) is 0 Å². The predicted molar refractivity (Wildman–Crippen MR) is 131 cm³/mol. The maximum absolute atomic E-state index is 14.1. The van der Waals surface area contributed by atoms with Crippen LogP contribution in [0, 0.1) is 11.8 Å². The Kier molecular flexibility index (Phi) is 6.48. The number of benzene rings is 1. The number of halogens is 1. The van der Waals surface area contributed by atoms with Gasteiger partial charge in [-0.1, -0.05) is 48.0 Å².